The second-order valence-electron chi connectivity index (χ2n) is 6.22. The molecule has 1 atom stereocenters. The lowest BCUT2D eigenvalue weighted by atomic mass is 9.84. The number of hydrogen-bond donors (Lipinski definition) is 2. The number of methoxy groups -OCH3 is 2. The largest absolute Gasteiger partial charge is 0.497 e. The fourth-order valence-electron chi connectivity index (χ4n) is 3.11. The van der Waals surface area contributed by atoms with Crippen molar-refractivity contribution in [1.29, 1.82) is 0 Å². The minimum Gasteiger partial charge on any atom is -0.497 e. The van der Waals surface area contributed by atoms with Crippen molar-refractivity contribution in [2.75, 3.05) is 32.6 Å². The summed E-state index contributed by atoms with van der Waals surface area (Å²) in [6.07, 6.45) is 2.64. The maximum absolute atomic E-state index is 12.4. The average molecular weight is 371 g/mol. The number of carbonyl (C=O) groups is 2. The van der Waals surface area contributed by atoms with Gasteiger partial charge < -0.3 is 20.1 Å². The molecule has 0 saturated carbocycles. The minimum atomic E-state index is -0.504. The smallest absolute Gasteiger partial charge is 0.340 e. The van der Waals surface area contributed by atoms with Crippen molar-refractivity contribution >= 4 is 30.0 Å². The molecular formula is C18H27ClN2O4. The van der Waals surface area contributed by atoms with Gasteiger partial charge in [-0.05, 0) is 56.0 Å². The second-order valence-corrected chi connectivity index (χ2v) is 6.22. The molecule has 0 aliphatic carbocycles. The van der Waals surface area contributed by atoms with Crippen LogP contribution in [0.1, 0.15) is 36.5 Å². The topological polar surface area (TPSA) is 76.7 Å². The van der Waals surface area contributed by atoms with E-state index in [4.69, 9.17) is 9.47 Å². The molecule has 1 fully saturated rings. The lowest BCUT2D eigenvalue weighted by Gasteiger charge is -2.28. The van der Waals surface area contributed by atoms with Gasteiger partial charge in [0.25, 0.3) is 0 Å². The Morgan fingerprint density at radius 3 is 2.56 bits per heavy atom. The molecule has 2 rings (SSSR count). The van der Waals surface area contributed by atoms with Crippen LogP contribution in [0.4, 0.5) is 5.69 Å². The van der Waals surface area contributed by atoms with Crippen LogP contribution in [0.15, 0.2) is 18.2 Å². The number of ether oxygens (including phenoxy) is 2. The number of rotatable bonds is 6. The summed E-state index contributed by atoms with van der Waals surface area (Å²) in [5, 5.41) is 6.17. The Balaban J connectivity index is 0.00000312. The van der Waals surface area contributed by atoms with Crippen LogP contribution in [0.2, 0.25) is 0 Å². The summed E-state index contributed by atoms with van der Waals surface area (Å²) < 4.78 is 9.91. The Kier molecular flexibility index (Phi) is 8.72. The third-order valence-electron chi connectivity index (χ3n) is 4.60. The number of carbonyl (C=O) groups excluding carboxylic acids is 2. The number of amides is 1. The van der Waals surface area contributed by atoms with Gasteiger partial charge in [-0.2, -0.15) is 0 Å². The standard InChI is InChI=1S/C18H26N2O4.ClH/c1-12(13-6-8-19-9-7-13)10-17(21)20-16-5-4-14(23-2)11-15(16)18(22)24-3;/h4-5,11-13,19H,6-10H2,1-3H3,(H,20,21);1H. The molecule has 0 aromatic heterocycles. The summed E-state index contributed by atoms with van der Waals surface area (Å²) in [6.45, 7) is 4.15. The Morgan fingerprint density at radius 1 is 1.28 bits per heavy atom. The molecule has 1 amide bonds. The molecule has 0 bridgehead atoms. The molecule has 1 aromatic carbocycles. The molecule has 1 unspecified atom stereocenters. The Labute approximate surface area is 155 Å². The van der Waals surface area contributed by atoms with Crippen molar-refractivity contribution in [1.82, 2.24) is 5.32 Å². The summed E-state index contributed by atoms with van der Waals surface area (Å²) in [4.78, 5) is 24.3. The van der Waals surface area contributed by atoms with Crippen LogP contribution in [-0.4, -0.2) is 39.2 Å². The van der Waals surface area contributed by atoms with Crippen molar-refractivity contribution in [3.05, 3.63) is 23.8 Å². The van der Waals surface area contributed by atoms with E-state index in [-0.39, 0.29) is 18.3 Å². The molecule has 1 aromatic rings. The third-order valence-corrected chi connectivity index (χ3v) is 4.60. The number of benzene rings is 1. The zero-order valence-corrected chi connectivity index (χ0v) is 15.8. The van der Waals surface area contributed by atoms with Gasteiger partial charge in [-0.25, -0.2) is 4.79 Å². The monoisotopic (exact) mass is 370 g/mol. The highest BCUT2D eigenvalue weighted by Gasteiger charge is 2.23. The molecule has 7 heteroatoms. The van der Waals surface area contributed by atoms with Gasteiger partial charge in [0.1, 0.15) is 5.75 Å². The van der Waals surface area contributed by atoms with Crippen molar-refractivity contribution < 1.29 is 19.1 Å². The van der Waals surface area contributed by atoms with E-state index in [9.17, 15) is 9.59 Å². The molecule has 1 saturated heterocycles. The third kappa shape index (κ3) is 5.90. The number of hydrogen-bond acceptors (Lipinski definition) is 5. The molecule has 0 spiro atoms. The lowest BCUT2D eigenvalue weighted by molar-refractivity contribution is -0.117. The van der Waals surface area contributed by atoms with E-state index in [0.29, 0.717) is 35.3 Å². The summed E-state index contributed by atoms with van der Waals surface area (Å²) in [6, 6.07) is 4.94. The highest BCUT2D eigenvalue weighted by Crippen LogP contribution is 2.26. The van der Waals surface area contributed by atoms with Crippen LogP contribution in [0.25, 0.3) is 0 Å². The predicted molar refractivity (Wildman–Crippen MR) is 99.6 cm³/mol. The molecule has 1 aliphatic heterocycles. The normalized spacial score (nSPS) is 15.6. The fraction of sp³-hybridized carbons (Fsp3) is 0.556. The van der Waals surface area contributed by atoms with Gasteiger partial charge in [0, 0.05) is 6.42 Å². The predicted octanol–water partition coefficient (Wildman–Crippen LogP) is 2.87. The first-order valence-electron chi connectivity index (χ1n) is 8.32. The quantitative estimate of drug-likeness (QED) is 0.753. The molecule has 0 radical (unpaired) electrons. The summed E-state index contributed by atoms with van der Waals surface area (Å²) in [5.41, 5.74) is 0.741. The van der Waals surface area contributed by atoms with Crippen LogP contribution < -0.4 is 15.4 Å². The molecule has 2 N–H and O–H groups in total. The number of halogens is 1. The Hall–Kier alpha value is -1.79. The van der Waals surface area contributed by atoms with Gasteiger partial charge in [-0.15, -0.1) is 12.4 Å². The van der Waals surface area contributed by atoms with Gasteiger partial charge in [-0.3, -0.25) is 4.79 Å². The maximum atomic E-state index is 12.4. The van der Waals surface area contributed by atoms with Crippen molar-refractivity contribution in [3.63, 3.8) is 0 Å². The van der Waals surface area contributed by atoms with Gasteiger partial charge in [0.05, 0.1) is 25.5 Å². The Morgan fingerprint density at radius 2 is 1.96 bits per heavy atom. The number of anilines is 1. The fourth-order valence-corrected chi connectivity index (χ4v) is 3.11. The van der Waals surface area contributed by atoms with Crippen LogP contribution in [0, 0.1) is 11.8 Å². The molecule has 6 nitrogen and oxygen atoms in total. The van der Waals surface area contributed by atoms with E-state index in [2.05, 4.69) is 17.6 Å². The number of nitrogens with one attached hydrogen (secondary N) is 2. The van der Waals surface area contributed by atoms with Gasteiger partial charge in [-0.1, -0.05) is 6.92 Å². The minimum absolute atomic E-state index is 0. The Bertz CT molecular complexity index is 588. The van der Waals surface area contributed by atoms with E-state index < -0.39 is 5.97 Å². The van der Waals surface area contributed by atoms with E-state index in [1.54, 1.807) is 18.2 Å². The van der Waals surface area contributed by atoms with Gasteiger partial charge >= 0.3 is 5.97 Å². The van der Waals surface area contributed by atoms with E-state index >= 15 is 0 Å². The first-order valence-corrected chi connectivity index (χ1v) is 8.32. The first-order chi connectivity index (χ1) is 11.5. The van der Waals surface area contributed by atoms with Crippen LogP contribution in [-0.2, 0) is 9.53 Å². The maximum Gasteiger partial charge on any atom is 0.340 e. The average Bonchev–Trinajstić information content (AvgIpc) is 2.62. The summed E-state index contributed by atoms with van der Waals surface area (Å²) >= 11 is 0. The summed E-state index contributed by atoms with van der Waals surface area (Å²) in [5.74, 6) is 0.822. The molecule has 140 valence electrons. The zero-order valence-electron chi connectivity index (χ0n) is 15.0. The second kappa shape index (κ2) is 10.3. The van der Waals surface area contributed by atoms with Gasteiger partial charge in [0.15, 0.2) is 0 Å². The lowest BCUT2D eigenvalue weighted by Crippen LogP contribution is -2.32. The molecule has 1 aliphatic rings. The van der Waals surface area contributed by atoms with Crippen molar-refractivity contribution in [3.8, 4) is 5.75 Å². The zero-order chi connectivity index (χ0) is 17.5. The molecular weight excluding hydrogens is 344 g/mol. The van der Waals surface area contributed by atoms with Crippen LogP contribution in [0.5, 0.6) is 5.75 Å². The van der Waals surface area contributed by atoms with Crippen LogP contribution in [0.3, 0.4) is 0 Å². The number of esters is 1. The van der Waals surface area contributed by atoms with Crippen LogP contribution >= 0.6 is 12.4 Å². The van der Waals surface area contributed by atoms with E-state index in [1.165, 1.54) is 14.2 Å². The van der Waals surface area contributed by atoms with Gasteiger partial charge in [0.2, 0.25) is 5.91 Å². The van der Waals surface area contributed by atoms with Crippen molar-refractivity contribution in [2.24, 2.45) is 11.8 Å². The molecule has 25 heavy (non-hydrogen) atoms. The SMILES string of the molecule is COC(=O)c1cc(OC)ccc1NC(=O)CC(C)C1CCNCC1.Cl. The molecule has 1 heterocycles. The number of piperidine rings is 1. The first kappa shape index (κ1) is 21.3. The van der Waals surface area contributed by atoms with E-state index in [0.717, 1.165) is 25.9 Å². The van der Waals surface area contributed by atoms with E-state index in [1.807, 2.05) is 0 Å². The highest BCUT2D eigenvalue weighted by atomic mass is 35.5. The summed E-state index contributed by atoms with van der Waals surface area (Å²) in [7, 11) is 2.84. The highest BCUT2D eigenvalue weighted by molar-refractivity contribution is 6.01. The van der Waals surface area contributed by atoms with Crippen molar-refractivity contribution in [2.45, 2.75) is 26.2 Å².